The summed E-state index contributed by atoms with van der Waals surface area (Å²) in [6, 6.07) is 3.32. The van der Waals surface area contributed by atoms with E-state index < -0.39 is 5.97 Å². The fourth-order valence-corrected chi connectivity index (χ4v) is 1.89. The highest BCUT2D eigenvalue weighted by atomic mass is 16.5. The predicted molar refractivity (Wildman–Crippen MR) is 78.0 cm³/mol. The summed E-state index contributed by atoms with van der Waals surface area (Å²) in [7, 11) is 0. The van der Waals surface area contributed by atoms with Gasteiger partial charge in [-0.2, -0.15) is 0 Å². The van der Waals surface area contributed by atoms with Crippen LogP contribution in [-0.2, 0) is 0 Å². The number of benzene rings is 1. The summed E-state index contributed by atoms with van der Waals surface area (Å²) in [5.41, 5.74) is 2.77. The largest absolute Gasteiger partial charge is 0.490 e. The highest BCUT2D eigenvalue weighted by molar-refractivity contribution is 5.90. The van der Waals surface area contributed by atoms with Gasteiger partial charge in [-0.25, -0.2) is 4.79 Å². The van der Waals surface area contributed by atoms with E-state index in [4.69, 9.17) is 4.74 Å². The highest BCUT2D eigenvalue weighted by Gasteiger charge is 2.18. The van der Waals surface area contributed by atoms with Gasteiger partial charge in [0.25, 0.3) is 0 Å². The summed E-state index contributed by atoms with van der Waals surface area (Å²) in [6.45, 7) is 13.7. The SMILES string of the molecule is C=C(C)c1cc(C(=O)O)cc(C(C)C)c1OC(C)C. The van der Waals surface area contributed by atoms with Crippen molar-refractivity contribution in [3.8, 4) is 5.75 Å². The van der Waals surface area contributed by atoms with Crippen LogP contribution in [0.15, 0.2) is 18.7 Å². The molecule has 0 aliphatic carbocycles. The molecule has 0 saturated heterocycles. The molecule has 104 valence electrons. The number of carboxylic acid groups (broad SMARTS) is 1. The Labute approximate surface area is 114 Å². The van der Waals surface area contributed by atoms with Gasteiger partial charge in [-0.05, 0) is 50.0 Å². The Balaban J connectivity index is 3.55. The number of carbonyl (C=O) groups is 1. The molecule has 3 nitrogen and oxygen atoms in total. The minimum absolute atomic E-state index is 0.0336. The highest BCUT2D eigenvalue weighted by Crippen LogP contribution is 2.35. The van der Waals surface area contributed by atoms with Crippen LogP contribution in [0, 0.1) is 0 Å². The standard InChI is InChI=1S/C16H22O3/c1-9(2)13-7-12(16(17)18)8-14(10(3)4)15(13)19-11(5)6/h7-8,10-11H,1H2,2-6H3,(H,17,18). The van der Waals surface area contributed by atoms with Crippen LogP contribution in [0.2, 0.25) is 0 Å². The van der Waals surface area contributed by atoms with Crippen LogP contribution in [0.4, 0.5) is 0 Å². The first-order valence-corrected chi connectivity index (χ1v) is 6.47. The van der Waals surface area contributed by atoms with Gasteiger partial charge in [-0.15, -0.1) is 0 Å². The third kappa shape index (κ3) is 3.60. The van der Waals surface area contributed by atoms with Gasteiger partial charge in [0.1, 0.15) is 5.75 Å². The Morgan fingerprint density at radius 1 is 1.26 bits per heavy atom. The van der Waals surface area contributed by atoms with Crippen LogP contribution in [0.3, 0.4) is 0 Å². The molecule has 0 aromatic heterocycles. The molecule has 0 radical (unpaired) electrons. The molecule has 0 heterocycles. The summed E-state index contributed by atoms with van der Waals surface area (Å²) in [6.07, 6.45) is 0.0336. The van der Waals surface area contributed by atoms with E-state index in [2.05, 4.69) is 6.58 Å². The third-order valence-electron chi connectivity index (χ3n) is 2.80. The van der Waals surface area contributed by atoms with Crippen molar-refractivity contribution >= 4 is 11.5 Å². The quantitative estimate of drug-likeness (QED) is 0.859. The molecule has 0 bridgehead atoms. The van der Waals surface area contributed by atoms with Crippen LogP contribution < -0.4 is 4.74 Å². The molecule has 0 atom stereocenters. The van der Waals surface area contributed by atoms with Gasteiger partial charge in [0.2, 0.25) is 0 Å². The van der Waals surface area contributed by atoms with Crippen molar-refractivity contribution < 1.29 is 14.6 Å². The van der Waals surface area contributed by atoms with E-state index in [1.165, 1.54) is 0 Å². The Hall–Kier alpha value is -1.77. The smallest absolute Gasteiger partial charge is 0.335 e. The first-order valence-electron chi connectivity index (χ1n) is 6.47. The van der Waals surface area contributed by atoms with E-state index in [0.29, 0.717) is 0 Å². The van der Waals surface area contributed by atoms with Crippen molar-refractivity contribution in [2.24, 2.45) is 0 Å². The lowest BCUT2D eigenvalue weighted by molar-refractivity contribution is 0.0696. The van der Waals surface area contributed by atoms with E-state index >= 15 is 0 Å². The van der Waals surface area contributed by atoms with E-state index in [-0.39, 0.29) is 17.6 Å². The molecule has 0 aliphatic rings. The molecule has 0 saturated carbocycles. The topological polar surface area (TPSA) is 46.5 Å². The molecule has 0 fully saturated rings. The van der Waals surface area contributed by atoms with E-state index in [0.717, 1.165) is 22.4 Å². The van der Waals surface area contributed by atoms with Crippen LogP contribution in [-0.4, -0.2) is 17.2 Å². The fourth-order valence-electron chi connectivity index (χ4n) is 1.89. The molecule has 0 spiro atoms. The molecule has 1 rings (SSSR count). The summed E-state index contributed by atoms with van der Waals surface area (Å²) in [4.78, 5) is 11.2. The Bertz CT molecular complexity index is 499. The van der Waals surface area contributed by atoms with Gasteiger partial charge in [-0.3, -0.25) is 0 Å². The average Bonchev–Trinajstić information content (AvgIpc) is 2.27. The lowest BCUT2D eigenvalue weighted by Gasteiger charge is -2.21. The molecular formula is C16H22O3. The predicted octanol–water partition coefficient (Wildman–Crippen LogP) is 4.33. The van der Waals surface area contributed by atoms with Gasteiger partial charge in [0, 0.05) is 5.56 Å². The third-order valence-corrected chi connectivity index (χ3v) is 2.80. The normalized spacial score (nSPS) is 10.9. The zero-order chi connectivity index (χ0) is 14.7. The maximum Gasteiger partial charge on any atom is 0.335 e. The van der Waals surface area contributed by atoms with Crippen molar-refractivity contribution in [1.82, 2.24) is 0 Å². The summed E-state index contributed by atoms with van der Waals surface area (Å²) < 4.78 is 5.88. The summed E-state index contributed by atoms with van der Waals surface area (Å²) in [5, 5.41) is 9.20. The fraction of sp³-hybridized carbons (Fsp3) is 0.438. The Kier molecular flexibility index (Phi) is 4.76. The Morgan fingerprint density at radius 2 is 1.84 bits per heavy atom. The monoisotopic (exact) mass is 262 g/mol. The number of hydrogen-bond donors (Lipinski definition) is 1. The summed E-state index contributed by atoms with van der Waals surface area (Å²) >= 11 is 0. The second-order valence-electron chi connectivity index (χ2n) is 5.35. The first kappa shape index (κ1) is 15.3. The molecule has 1 N–H and O–H groups in total. The van der Waals surface area contributed by atoms with E-state index in [1.54, 1.807) is 12.1 Å². The van der Waals surface area contributed by atoms with Gasteiger partial charge in [0.05, 0.1) is 11.7 Å². The number of hydrogen-bond acceptors (Lipinski definition) is 2. The number of carboxylic acids is 1. The van der Waals surface area contributed by atoms with Crippen molar-refractivity contribution in [3.63, 3.8) is 0 Å². The summed E-state index contributed by atoms with van der Waals surface area (Å²) in [5.74, 6) is 0.00847. The zero-order valence-electron chi connectivity index (χ0n) is 12.3. The van der Waals surface area contributed by atoms with Crippen LogP contribution in [0.1, 0.15) is 62.0 Å². The number of ether oxygens (including phenoxy) is 1. The number of allylic oxidation sites excluding steroid dienone is 1. The molecule has 0 aliphatic heterocycles. The van der Waals surface area contributed by atoms with Gasteiger partial charge < -0.3 is 9.84 Å². The number of rotatable bonds is 5. The van der Waals surface area contributed by atoms with Gasteiger partial charge >= 0.3 is 5.97 Å². The molecule has 0 amide bonds. The van der Waals surface area contributed by atoms with Crippen molar-refractivity contribution in [2.75, 3.05) is 0 Å². The molecule has 1 aromatic carbocycles. The molecule has 19 heavy (non-hydrogen) atoms. The molecule has 1 aromatic rings. The number of aromatic carboxylic acids is 1. The van der Waals surface area contributed by atoms with Crippen molar-refractivity contribution in [2.45, 2.75) is 46.6 Å². The van der Waals surface area contributed by atoms with Crippen LogP contribution >= 0.6 is 0 Å². The van der Waals surface area contributed by atoms with E-state index in [9.17, 15) is 9.90 Å². The second-order valence-corrected chi connectivity index (χ2v) is 5.35. The minimum atomic E-state index is -0.930. The first-order chi connectivity index (χ1) is 8.73. The maximum absolute atomic E-state index is 11.2. The van der Waals surface area contributed by atoms with Gasteiger partial charge in [0.15, 0.2) is 0 Å². The van der Waals surface area contributed by atoms with E-state index in [1.807, 2.05) is 34.6 Å². The maximum atomic E-state index is 11.2. The minimum Gasteiger partial charge on any atom is -0.490 e. The van der Waals surface area contributed by atoms with Crippen LogP contribution in [0.25, 0.3) is 5.57 Å². The van der Waals surface area contributed by atoms with Crippen molar-refractivity contribution in [3.05, 3.63) is 35.4 Å². The zero-order valence-corrected chi connectivity index (χ0v) is 12.3. The van der Waals surface area contributed by atoms with Crippen LogP contribution in [0.5, 0.6) is 5.75 Å². The molecule has 0 unspecified atom stereocenters. The second kappa shape index (κ2) is 5.91. The Morgan fingerprint density at radius 3 is 2.21 bits per heavy atom. The van der Waals surface area contributed by atoms with Gasteiger partial charge in [-0.1, -0.05) is 20.4 Å². The molecule has 3 heteroatoms. The lowest BCUT2D eigenvalue weighted by Crippen LogP contribution is -2.11. The molecular weight excluding hydrogens is 240 g/mol. The van der Waals surface area contributed by atoms with Crippen molar-refractivity contribution in [1.29, 1.82) is 0 Å². The average molecular weight is 262 g/mol. The lowest BCUT2D eigenvalue weighted by atomic mass is 9.93.